The van der Waals surface area contributed by atoms with Crippen molar-refractivity contribution < 1.29 is 9.90 Å². The summed E-state index contributed by atoms with van der Waals surface area (Å²) < 4.78 is 0. The van der Waals surface area contributed by atoms with E-state index in [9.17, 15) is 9.90 Å². The lowest BCUT2D eigenvalue weighted by Gasteiger charge is -2.20. The Morgan fingerprint density at radius 2 is 2.37 bits per heavy atom. The fourth-order valence-electron chi connectivity index (χ4n) is 2.20. The highest BCUT2D eigenvalue weighted by Crippen LogP contribution is 2.28. The maximum atomic E-state index is 12.3. The number of hydrogen-bond acceptors (Lipinski definition) is 5. The van der Waals surface area contributed by atoms with Crippen molar-refractivity contribution in [2.24, 2.45) is 5.92 Å². The molecule has 5 nitrogen and oxygen atoms in total. The zero-order valence-corrected chi connectivity index (χ0v) is 12.7. The molecular weight excluding hydrogens is 262 g/mol. The first-order chi connectivity index (χ1) is 8.79. The van der Waals surface area contributed by atoms with E-state index in [0.717, 1.165) is 11.6 Å². The van der Waals surface area contributed by atoms with Crippen LogP contribution in [0.4, 0.5) is 0 Å². The molecule has 19 heavy (non-hydrogen) atoms. The molecule has 1 aliphatic heterocycles. The third-order valence-electron chi connectivity index (χ3n) is 3.58. The molecule has 0 aliphatic carbocycles. The number of likely N-dealkylation sites (tertiary alicyclic amines) is 1. The molecule has 0 bridgehead atoms. The summed E-state index contributed by atoms with van der Waals surface area (Å²) in [5.74, 6) is 0.0159. The van der Waals surface area contributed by atoms with Crippen LogP contribution in [-0.2, 0) is 6.54 Å². The van der Waals surface area contributed by atoms with Gasteiger partial charge in [0.2, 0.25) is 0 Å². The number of carbonyl (C=O) groups is 1. The molecule has 1 aromatic heterocycles. The monoisotopic (exact) mass is 283 g/mol. The van der Waals surface area contributed by atoms with Crippen LogP contribution in [0.1, 0.15) is 29.3 Å². The number of aliphatic hydroxyl groups is 1. The van der Waals surface area contributed by atoms with E-state index in [1.807, 2.05) is 25.9 Å². The highest BCUT2D eigenvalue weighted by Gasteiger charge is 2.41. The molecule has 1 aliphatic rings. The van der Waals surface area contributed by atoms with E-state index >= 15 is 0 Å². The van der Waals surface area contributed by atoms with Gasteiger partial charge in [0.1, 0.15) is 10.7 Å². The Labute approximate surface area is 117 Å². The molecule has 106 valence electrons. The minimum absolute atomic E-state index is 0.0779. The van der Waals surface area contributed by atoms with Crippen LogP contribution in [0.3, 0.4) is 0 Å². The molecule has 1 aromatic rings. The standard InChI is InChI=1S/C13H21N3O2S/c1-9-5-16(8-13(9,2)18)12(17)10-7-19-11(14-10)6-15(3)4/h7,9,18H,5-6,8H2,1-4H3. The Morgan fingerprint density at radius 3 is 2.89 bits per heavy atom. The van der Waals surface area contributed by atoms with E-state index < -0.39 is 5.60 Å². The number of carbonyl (C=O) groups excluding carboxylic acids is 1. The Morgan fingerprint density at radius 1 is 1.68 bits per heavy atom. The number of β-amino-alcohol motifs (C(OH)–C–C–N with tert-alkyl or cyclic N) is 1. The topological polar surface area (TPSA) is 56.7 Å². The van der Waals surface area contributed by atoms with E-state index in [2.05, 4.69) is 4.98 Å². The summed E-state index contributed by atoms with van der Waals surface area (Å²) in [5, 5.41) is 12.9. The molecule has 0 aromatic carbocycles. The van der Waals surface area contributed by atoms with Crippen molar-refractivity contribution in [2.75, 3.05) is 27.2 Å². The minimum Gasteiger partial charge on any atom is -0.388 e. The first-order valence-corrected chi connectivity index (χ1v) is 7.28. The lowest BCUT2D eigenvalue weighted by atomic mass is 9.95. The summed E-state index contributed by atoms with van der Waals surface area (Å²) in [4.78, 5) is 20.4. The average Bonchev–Trinajstić information content (AvgIpc) is 2.83. The van der Waals surface area contributed by atoms with Gasteiger partial charge in [-0.2, -0.15) is 0 Å². The van der Waals surface area contributed by atoms with Gasteiger partial charge >= 0.3 is 0 Å². The predicted octanol–water partition coefficient (Wildman–Crippen LogP) is 1.05. The van der Waals surface area contributed by atoms with E-state index in [1.54, 1.807) is 17.2 Å². The molecule has 1 N–H and O–H groups in total. The van der Waals surface area contributed by atoms with Crippen LogP contribution in [0, 0.1) is 5.92 Å². The molecule has 2 unspecified atom stereocenters. The normalized spacial score (nSPS) is 27.3. The molecule has 1 amide bonds. The van der Waals surface area contributed by atoms with Crippen LogP contribution in [0.15, 0.2) is 5.38 Å². The van der Waals surface area contributed by atoms with Gasteiger partial charge in [-0.3, -0.25) is 4.79 Å². The number of hydrogen-bond donors (Lipinski definition) is 1. The molecular formula is C13H21N3O2S. The number of rotatable bonds is 3. The summed E-state index contributed by atoms with van der Waals surface area (Å²) in [5.41, 5.74) is -0.301. The highest BCUT2D eigenvalue weighted by molar-refractivity contribution is 7.09. The van der Waals surface area contributed by atoms with Gasteiger partial charge in [-0.15, -0.1) is 11.3 Å². The highest BCUT2D eigenvalue weighted by atomic mass is 32.1. The lowest BCUT2D eigenvalue weighted by Crippen LogP contribution is -2.35. The third-order valence-corrected chi connectivity index (χ3v) is 4.41. The molecule has 0 radical (unpaired) electrons. The van der Waals surface area contributed by atoms with E-state index in [-0.39, 0.29) is 11.8 Å². The van der Waals surface area contributed by atoms with Gasteiger partial charge in [-0.25, -0.2) is 4.98 Å². The molecule has 0 spiro atoms. The van der Waals surface area contributed by atoms with Gasteiger partial charge in [0, 0.05) is 30.9 Å². The number of nitrogens with zero attached hydrogens (tertiary/aromatic N) is 3. The van der Waals surface area contributed by atoms with Gasteiger partial charge in [-0.05, 0) is 21.0 Å². The average molecular weight is 283 g/mol. The smallest absolute Gasteiger partial charge is 0.273 e. The van der Waals surface area contributed by atoms with E-state index in [4.69, 9.17) is 0 Å². The number of aromatic nitrogens is 1. The Kier molecular flexibility index (Phi) is 3.94. The minimum atomic E-state index is -0.794. The Balaban J connectivity index is 2.06. The molecule has 0 saturated carbocycles. The van der Waals surface area contributed by atoms with Crippen molar-refractivity contribution in [2.45, 2.75) is 26.0 Å². The summed E-state index contributed by atoms with van der Waals surface area (Å²) in [6.07, 6.45) is 0. The molecule has 2 rings (SSSR count). The third kappa shape index (κ3) is 3.13. The van der Waals surface area contributed by atoms with Crippen LogP contribution < -0.4 is 0 Å². The maximum Gasteiger partial charge on any atom is 0.273 e. The second-order valence-corrected chi connectivity index (χ2v) is 6.75. The summed E-state index contributed by atoms with van der Waals surface area (Å²) in [7, 11) is 3.95. The molecule has 2 atom stereocenters. The zero-order chi connectivity index (χ0) is 14.2. The van der Waals surface area contributed by atoms with Crippen molar-refractivity contribution in [3.05, 3.63) is 16.1 Å². The number of thiazole rings is 1. The van der Waals surface area contributed by atoms with Gasteiger partial charge in [-0.1, -0.05) is 6.92 Å². The van der Waals surface area contributed by atoms with Crippen LogP contribution in [0.5, 0.6) is 0 Å². The molecule has 1 saturated heterocycles. The second kappa shape index (κ2) is 5.19. The van der Waals surface area contributed by atoms with Gasteiger partial charge in [0.25, 0.3) is 5.91 Å². The fourth-order valence-corrected chi connectivity index (χ4v) is 3.09. The predicted molar refractivity (Wildman–Crippen MR) is 75.2 cm³/mol. The first-order valence-electron chi connectivity index (χ1n) is 6.40. The van der Waals surface area contributed by atoms with Crippen molar-refractivity contribution >= 4 is 17.2 Å². The molecule has 2 heterocycles. The fraction of sp³-hybridized carbons (Fsp3) is 0.692. The van der Waals surface area contributed by atoms with E-state index in [0.29, 0.717) is 18.8 Å². The van der Waals surface area contributed by atoms with Crippen LogP contribution >= 0.6 is 11.3 Å². The van der Waals surface area contributed by atoms with Gasteiger partial charge in [0.05, 0.1) is 5.60 Å². The van der Waals surface area contributed by atoms with Crippen molar-refractivity contribution in [1.82, 2.24) is 14.8 Å². The lowest BCUT2D eigenvalue weighted by molar-refractivity contribution is 0.0350. The summed E-state index contributed by atoms with van der Waals surface area (Å²) in [6, 6.07) is 0. The molecule has 6 heteroatoms. The quantitative estimate of drug-likeness (QED) is 0.901. The second-order valence-electron chi connectivity index (χ2n) is 5.81. The van der Waals surface area contributed by atoms with Crippen LogP contribution in [0.25, 0.3) is 0 Å². The Hall–Kier alpha value is -0.980. The first kappa shape index (κ1) is 14.4. The SMILES string of the molecule is CC1CN(C(=O)c2csc(CN(C)C)n2)CC1(C)O. The van der Waals surface area contributed by atoms with Crippen molar-refractivity contribution in [3.8, 4) is 0 Å². The van der Waals surface area contributed by atoms with Gasteiger partial charge in [0.15, 0.2) is 0 Å². The number of amides is 1. The Bertz CT molecular complexity index is 470. The van der Waals surface area contributed by atoms with Gasteiger partial charge < -0.3 is 14.9 Å². The van der Waals surface area contributed by atoms with Crippen LogP contribution in [-0.4, -0.2) is 58.6 Å². The van der Waals surface area contributed by atoms with Crippen molar-refractivity contribution in [3.63, 3.8) is 0 Å². The largest absolute Gasteiger partial charge is 0.388 e. The summed E-state index contributed by atoms with van der Waals surface area (Å²) >= 11 is 1.50. The van der Waals surface area contributed by atoms with Crippen LogP contribution in [0.2, 0.25) is 0 Å². The summed E-state index contributed by atoms with van der Waals surface area (Å²) in [6.45, 7) is 5.46. The van der Waals surface area contributed by atoms with Crippen molar-refractivity contribution in [1.29, 1.82) is 0 Å². The zero-order valence-electron chi connectivity index (χ0n) is 11.9. The molecule has 1 fully saturated rings. The van der Waals surface area contributed by atoms with E-state index in [1.165, 1.54) is 11.3 Å². The maximum absolute atomic E-state index is 12.3.